The van der Waals surface area contributed by atoms with Crippen molar-refractivity contribution in [2.45, 2.75) is 47.5 Å². The van der Waals surface area contributed by atoms with Crippen LogP contribution in [0.4, 0.5) is 0 Å². The standard InChI is InChI=1S/C32H33NO/c1-7-23(8-2)24-16-17-33(6)28(19-24)31-22(5)12-14-26-27-18-25(13-15-29(27)34-32(26)31)30-20(3)10-9-11-21(30)4/h9-19,23H,6-8H2,1-5H3. The van der Waals surface area contributed by atoms with Gasteiger partial charge in [-0.25, -0.2) is 0 Å². The fourth-order valence-electron chi connectivity index (χ4n) is 5.46. The predicted molar refractivity (Wildman–Crippen MR) is 144 cm³/mol. The predicted octanol–water partition coefficient (Wildman–Crippen LogP) is 8.66. The fraction of sp³-hybridized carbons (Fsp3) is 0.250. The van der Waals surface area contributed by atoms with E-state index in [1.54, 1.807) is 0 Å². The summed E-state index contributed by atoms with van der Waals surface area (Å²) in [7, 11) is 0. The molecule has 2 heteroatoms. The molecule has 1 aromatic heterocycles. The molecule has 3 aromatic carbocycles. The second-order valence-corrected chi connectivity index (χ2v) is 9.54. The Hall–Kier alpha value is -3.52. The normalized spacial score (nSPS) is 14.0. The Morgan fingerprint density at radius 1 is 0.971 bits per heavy atom. The van der Waals surface area contributed by atoms with Crippen LogP contribution in [0.2, 0.25) is 0 Å². The maximum atomic E-state index is 6.54. The highest BCUT2D eigenvalue weighted by Gasteiger charge is 2.27. The van der Waals surface area contributed by atoms with Crippen molar-refractivity contribution in [2.24, 2.45) is 5.92 Å². The summed E-state index contributed by atoms with van der Waals surface area (Å²) in [6.45, 7) is 15.3. The van der Waals surface area contributed by atoms with Crippen molar-refractivity contribution in [2.75, 3.05) is 0 Å². The molecular formula is C32H33NO. The number of rotatable bonds is 5. The monoisotopic (exact) mass is 447 g/mol. The molecule has 0 saturated heterocycles. The molecule has 34 heavy (non-hydrogen) atoms. The Bertz CT molecular complexity index is 1460. The number of fused-ring (bicyclic) bond motifs is 3. The van der Waals surface area contributed by atoms with Gasteiger partial charge in [0.05, 0.1) is 12.3 Å². The van der Waals surface area contributed by atoms with Crippen LogP contribution >= 0.6 is 0 Å². The first-order valence-electron chi connectivity index (χ1n) is 12.3. The van der Waals surface area contributed by atoms with Gasteiger partial charge < -0.3 is 0 Å². The number of allylic oxidation sites excluding steroid dienone is 2. The number of hydrogen-bond acceptors (Lipinski definition) is 0. The number of benzene rings is 3. The quantitative estimate of drug-likeness (QED) is 0.170. The van der Waals surface area contributed by atoms with Crippen LogP contribution in [0.25, 0.3) is 33.1 Å². The topological polar surface area (TPSA) is 14.3 Å². The summed E-state index contributed by atoms with van der Waals surface area (Å²) in [4.78, 5) is 0. The molecule has 0 radical (unpaired) electrons. The van der Waals surface area contributed by atoms with Crippen molar-refractivity contribution < 1.29 is 8.99 Å². The molecule has 0 spiro atoms. The van der Waals surface area contributed by atoms with Crippen LogP contribution in [0.3, 0.4) is 0 Å². The third-order valence-corrected chi connectivity index (χ3v) is 7.39. The van der Waals surface area contributed by atoms with Gasteiger partial charge in [-0.05, 0) is 59.4 Å². The van der Waals surface area contributed by atoms with Crippen LogP contribution in [-0.2, 0) is 0 Å². The highest BCUT2D eigenvalue weighted by molar-refractivity contribution is 6.08. The number of hydrogen-bond donors (Lipinski definition) is 0. The van der Waals surface area contributed by atoms with E-state index < -0.39 is 0 Å². The van der Waals surface area contributed by atoms with E-state index in [0.29, 0.717) is 5.92 Å². The fourth-order valence-corrected chi connectivity index (χ4v) is 5.46. The minimum atomic E-state index is 0.551. The van der Waals surface area contributed by atoms with Gasteiger partial charge >= 0.3 is 0 Å². The van der Waals surface area contributed by atoms with Gasteiger partial charge in [-0.15, -0.1) is 12.1 Å². The molecular weight excluding hydrogens is 414 g/mol. The molecule has 0 atom stereocenters. The first kappa shape index (κ1) is 22.3. The van der Waals surface area contributed by atoms with E-state index in [2.05, 4.69) is 108 Å². The maximum Gasteiger partial charge on any atom is 0.278 e. The van der Waals surface area contributed by atoms with Gasteiger partial charge in [0.1, 0.15) is 6.20 Å². The molecule has 0 amide bonds. The molecule has 2 nitrogen and oxygen atoms in total. The summed E-state index contributed by atoms with van der Waals surface area (Å²) in [5.74, 6) is 0.551. The zero-order valence-corrected chi connectivity index (χ0v) is 20.9. The third kappa shape index (κ3) is 3.58. The Morgan fingerprint density at radius 3 is 2.41 bits per heavy atom. The zero-order chi connectivity index (χ0) is 24.0. The van der Waals surface area contributed by atoms with Crippen molar-refractivity contribution in [1.29, 1.82) is 0 Å². The minimum absolute atomic E-state index is 0.551. The smallest absolute Gasteiger partial charge is 0.278 e. The van der Waals surface area contributed by atoms with Gasteiger partial charge in [-0.1, -0.05) is 86.7 Å². The van der Waals surface area contributed by atoms with Crippen LogP contribution < -0.4 is 0 Å². The lowest BCUT2D eigenvalue weighted by Crippen LogP contribution is -2.18. The minimum Gasteiger partial charge on any atom is -0.286 e. The molecule has 0 aliphatic carbocycles. The first-order chi connectivity index (χ1) is 16.4. The van der Waals surface area contributed by atoms with E-state index in [4.69, 9.17) is 4.42 Å². The van der Waals surface area contributed by atoms with Crippen LogP contribution in [-0.4, -0.2) is 11.3 Å². The van der Waals surface area contributed by atoms with Crippen molar-refractivity contribution in [1.82, 2.24) is 0 Å². The van der Waals surface area contributed by atoms with Gasteiger partial charge in [0, 0.05) is 0 Å². The lowest BCUT2D eigenvalue weighted by atomic mass is 9.87. The second kappa shape index (κ2) is 8.68. The second-order valence-electron chi connectivity index (χ2n) is 9.54. The van der Waals surface area contributed by atoms with E-state index in [-0.39, 0.29) is 0 Å². The van der Waals surface area contributed by atoms with Crippen LogP contribution in [0, 0.1) is 32.7 Å². The van der Waals surface area contributed by atoms with Gasteiger partial charge in [-0.2, -0.15) is 0 Å². The molecule has 0 fully saturated rings. The maximum absolute atomic E-state index is 6.54. The molecule has 0 N–H and O–H groups in total. The Morgan fingerprint density at radius 2 is 1.71 bits per heavy atom. The average molecular weight is 448 g/mol. The molecule has 1 aliphatic heterocycles. The molecule has 172 valence electrons. The zero-order valence-electron chi connectivity index (χ0n) is 20.9. The largest absolute Gasteiger partial charge is 0.286 e. The highest BCUT2D eigenvalue weighted by Crippen LogP contribution is 2.40. The molecule has 2 heterocycles. The Balaban J connectivity index is 1.71. The lowest BCUT2D eigenvalue weighted by molar-refractivity contribution is -0.418. The number of furan rings is 1. The summed E-state index contributed by atoms with van der Waals surface area (Å²) < 4.78 is 8.51. The molecule has 0 bridgehead atoms. The van der Waals surface area contributed by atoms with E-state index in [1.807, 2.05) is 4.58 Å². The summed E-state index contributed by atoms with van der Waals surface area (Å²) >= 11 is 0. The van der Waals surface area contributed by atoms with Crippen molar-refractivity contribution in [3.05, 3.63) is 101 Å². The van der Waals surface area contributed by atoms with E-state index in [9.17, 15) is 0 Å². The van der Waals surface area contributed by atoms with Crippen molar-refractivity contribution in [3.8, 4) is 11.1 Å². The van der Waals surface area contributed by atoms with Gasteiger partial charge in [0.2, 0.25) is 0 Å². The lowest BCUT2D eigenvalue weighted by Gasteiger charge is -2.24. The van der Waals surface area contributed by atoms with Crippen molar-refractivity contribution >= 4 is 28.7 Å². The number of aryl methyl sites for hydroxylation is 3. The highest BCUT2D eigenvalue weighted by atomic mass is 16.3. The Labute approximate surface area is 202 Å². The first-order valence-corrected chi connectivity index (χ1v) is 12.3. The summed E-state index contributed by atoms with van der Waals surface area (Å²) in [6, 6.07) is 18.6. The van der Waals surface area contributed by atoms with Gasteiger partial charge in [0.15, 0.2) is 6.04 Å². The average Bonchev–Trinajstić information content (AvgIpc) is 3.19. The summed E-state index contributed by atoms with van der Waals surface area (Å²) in [5, 5.41) is 2.31. The van der Waals surface area contributed by atoms with E-state index in [1.165, 1.54) is 33.4 Å². The molecule has 1 aliphatic rings. The summed E-state index contributed by atoms with van der Waals surface area (Å²) in [5.41, 5.74) is 10.7. The summed E-state index contributed by atoms with van der Waals surface area (Å²) in [6.07, 6.45) is 8.86. The van der Waals surface area contributed by atoms with E-state index in [0.717, 1.165) is 46.4 Å². The Kier molecular flexibility index (Phi) is 5.69. The molecule has 0 unspecified atom stereocenters. The van der Waals surface area contributed by atoms with Gasteiger partial charge in [0.25, 0.3) is 11.2 Å². The van der Waals surface area contributed by atoms with Crippen LogP contribution in [0.15, 0.2) is 76.9 Å². The SMILES string of the molecule is C=[N+]1C=CC(C(CC)CC)=C[C-]1c1c(C)ccc2c1[o+][c-]1ccc(-c3c(C)cccc3C)cc21. The van der Waals surface area contributed by atoms with Crippen LogP contribution in [0.1, 0.15) is 48.9 Å². The van der Waals surface area contributed by atoms with E-state index >= 15 is 0 Å². The van der Waals surface area contributed by atoms with Crippen molar-refractivity contribution in [3.63, 3.8) is 0 Å². The third-order valence-electron chi connectivity index (χ3n) is 7.39. The molecule has 5 rings (SSSR count). The molecule has 4 aromatic rings. The number of nitrogens with zero attached hydrogens (tertiary/aromatic N) is 1. The molecule has 0 saturated carbocycles. The van der Waals surface area contributed by atoms with Gasteiger partial charge in [-0.3, -0.25) is 8.99 Å². The van der Waals surface area contributed by atoms with Crippen LogP contribution in [0.5, 0.6) is 0 Å².